The molecule has 2 rings (SSSR count). The molecule has 0 radical (unpaired) electrons. The summed E-state index contributed by atoms with van der Waals surface area (Å²) < 4.78 is 16.4. The van der Waals surface area contributed by atoms with E-state index in [-0.39, 0.29) is 6.10 Å². The molecule has 0 saturated carbocycles. The van der Waals surface area contributed by atoms with Gasteiger partial charge in [0.25, 0.3) is 0 Å². The molecule has 2 fully saturated rings. The molecule has 0 amide bonds. The minimum atomic E-state index is -0.407. The van der Waals surface area contributed by atoms with Gasteiger partial charge in [-0.3, -0.25) is 0 Å². The highest BCUT2D eigenvalue weighted by Crippen LogP contribution is 2.25. The first kappa shape index (κ1) is 11.3. The first-order valence-electron chi connectivity index (χ1n) is 5.59. The molecule has 0 aliphatic carbocycles. The van der Waals surface area contributed by atoms with Crippen molar-refractivity contribution in [1.82, 2.24) is 5.32 Å². The largest absolute Gasteiger partial charge is 0.380 e. The molecule has 1 N–H and O–H groups in total. The molecule has 0 aromatic carbocycles. The summed E-state index contributed by atoms with van der Waals surface area (Å²) in [6, 6.07) is 0. The maximum absolute atomic E-state index is 5.70. The average Bonchev–Trinajstić information content (AvgIpc) is 2.43. The summed E-state index contributed by atoms with van der Waals surface area (Å²) in [4.78, 5) is 0. The van der Waals surface area contributed by atoms with Crippen molar-refractivity contribution < 1.29 is 14.2 Å². The van der Waals surface area contributed by atoms with Crippen LogP contribution in [0.25, 0.3) is 0 Å². The van der Waals surface area contributed by atoms with Crippen molar-refractivity contribution in [2.24, 2.45) is 5.41 Å². The number of rotatable bonds is 4. The van der Waals surface area contributed by atoms with Crippen LogP contribution < -0.4 is 5.32 Å². The van der Waals surface area contributed by atoms with E-state index in [9.17, 15) is 0 Å². The van der Waals surface area contributed by atoms with Gasteiger partial charge >= 0.3 is 0 Å². The Morgan fingerprint density at radius 3 is 2.47 bits per heavy atom. The summed E-state index contributed by atoms with van der Waals surface area (Å²) >= 11 is 0. The number of hydrogen-bond acceptors (Lipinski definition) is 4. The maximum Gasteiger partial charge on any atom is 0.163 e. The van der Waals surface area contributed by atoms with Crippen LogP contribution in [0.5, 0.6) is 0 Å². The number of hydrogen-bond donors (Lipinski definition) is 1. The fourth-order valence-electron chi connectivity index (χ4n) is 1.95. The van der Waals surface area contributed by atoms with Crippen LogP contribution in [0.2, 0.25) is 0 Å². The molecule has 88 valence electrons. The van der Waals surface area contributed by atoms with Crippen molar-refractivity contribution in [3.63, 3.8) is 0 Å². The predicted octanol–water partition coefficient (Wildman–Crippen LogP) is 0.764. The van der Waals surface area contributed by atoms with Crippen molar-refractivity contribution in [2.75, 3.05) is 32.9 Å². The Morgan fingerprint density at radius 1 is 1.27 bits per heavy atom. The van der Waals surface area contributed by atoms with Crippen molar-refractivity contribution >= 4 is 0 Å². The molecule has 1 unspecified atom stereocenters. The summed E-state index contributed by atoms with van der Waals surface area (Å²) in [7, 11) is 0. The third-order valence-corrected chi connectivity index (χ3v) is 2.89. The van der Waals surface area contributed by atoms with E-state index in [1.54, 1.807) is 0 Å². The lowest BCUT2D eigenvalue weighted by Crippen LogP contribution is -2.48. The molecule has 2 aliphatic heterocycles. The van der Waals surface area contributed by atoms with Crippen molar-refractivity contribution in [2.45, 2.75) is 32.7 Å². The SMILES string of the molecule is CC1(CNCC2COC(C)(C)O2)COC1. The highest BCUT2D eigenvalue weighted by atomic mass is 16.7. The minimum absolute atomic E-state index is 0.185. The highest BCUT2D eigenvalue weighted by molar-refractivity contribution is 4.84. The molecular formula is C11H21NO3. The fourth-order valence-corrected chi connectivity index (χ4v) is 1.95. The van der Waals surface area contributed by atoms with Gasteiger partial charge in [-0.25, -0.2) is 0 Å². The van der Waals surface area contributed by atoms with Crippen LogP contribution in [-0.4, -0.2) is 44.8 Å². The molecule has 2 heterocycles. The van der Waals surface area contributed by atoms with E-state index >= 15 is 0 Å². The fraction of sp³-hybridized carbons (Fsp3) is 1.00. The van der Waals surface area contributed by atoms with Crippen LogP contribution >= 0.6 is 0 Å². The quantitative estimate of drug-likeness (QED) is 0.751. The molecule has 0 spiro atoms. The lowest BCUT2D eigenvalue weighted by molar-refractivity contribution is -0.138. The number of nitrogens with one attached hydrogen (secondary N) is 1. The smallest absolute Gasteiger partial charge is 0.163 e. The third-order valence-electron chi connectivity index (χ3n) is 2.89. The van der Waals surface area contributed by atoms with Crippen molar-refractivity contribution in [3.8, 4) is 0 Å². The van der Waals surface area contributed by atoms with E-state index in [1.165, 1.54) is 0 Å². The van der Waals surface area contributed by atoms with Gasteiger partial charge in [0, 0.05) is 18.5 Å². The first-order valence-corrected chi connectivity index (χ1v) is 5.59. The van der Waals surface area contributed by atoms with Crippen LogP contribution in [0, 0.1) is 5.41 Å². The van der Waals surface area contributed by atoms with Crippen LogP contribution in [0.1, 0.15) is 20.8 Å². The molecule has 2 aliphatic rings. The average molecular weight is 215 g/mol. The topological polar surface area (TPSA) is 39.7 Å². The molecule has 15 heavy (non-hydrogen) atoms. The van der Waals surface area contributed by atoms with Crippen LogP contribution in [-0.2, 0) is 14.2 Å². The van der Waals surface area contributed by atoms with Gasteiger partial charge in [-0.15, -0.1) is 0 Å². The Labute approximate surface area is 91.3 Å². The minimum Gasteiger partial charge on any atom is -0.380 e. The van der Waals surface area contributed by atoms with Gasteiger partial charge in [-0.2, -0.15) is 0 Å². The van der Waals surface area contributed by atoms with Gasteiger partial charge in [0.05, 0.1) is 25.9 Å². The van der Waals surface area contributed by atoms with Crippen LogP contribution in [0.15, 0.2) is 0 Å². The van der Waals surface area contributed by atoms with E-state index in [4.69, 9.17) is 14.2 Å². The van der Waals surface area contributed by atoms with Crippen molar-refractivity contribution in [3.05, 3.63) is 0 Å². The summed E-state index contributed by atoms with van der Waals surface area (Å²) in [6.45, 7) is 10.4. The van der Waals surface area contributed by atoms with Gasteiger partial charge in [0.15, 0.2) is 5.79 Å². The lowest BCUT2D eigenvalue weighted by atomic mass is 9.89. The van der Waals surface area contributed by atoms with Gasteiger partial charge in [0.2, 0.25) is 0 Å². The van der Waals surface area contributed by atoms with Crippen LogP contribution in [0.3, 0.4) is 0 Å². The zero-order valence-electron chi connectivity index (χ0n) is 9.84. The molecule has 4 nitrogen and oxygen atoms in total. The summed E-state index contributed by atoms with van der Waals surface area (Å²) in [5, 5.41) is 3.42. The van der Waals surface area contributed by atoms with Gasteiger partial charge in [0.1, 0.15) is 0 Å². The predicted molar refractivity (Wildman–Crippen MR) is 56.7 cm³/mol. The van der Waals surface area contributed by atoms with Crippen molar-refractivity contribution in [1.29, 1.82) is 0 Å². The van der Waals surface area contributed by atoms with Gasteiger partial charge in [-0.1, -0.05) is 6.92 Å². The van der Waals surface area contributed by atoms with E-state index in [0.29, 0.717) is 12.0 Å². The van der Waals surface area contributed by atoms with E-state index in [1.807, 2.05) is 13.8 Å². The Balaban J connectivity index is 1.62. The molecule has 1 atom stereocenters. The Hall–Kier alpha value is -0.160. The third kappa shape index (κ3) is 2.91. The van der Waals surface area contributed by atoms with Gasteiger partial charge < -0.3 is 19.5 Å². The zero-order valence-corrected chi connectivity index (χ0v) is 9.84. The monoisotopic (exact) mass is 215 g/mol. The molecular weight excluding hydrogens is 194 g/mol. The molecule has 0 bridgehead atoms. The van der Waals surface area contributed by atoms with E-state index < -0.39 is 5.79 Å². The second-order valence-electron chi connectivity index (χ2n) is 5.39. The standard InChI is InChI=1S/C11H21NO3/c1-10(2)14-5-9(15-10)4-12-6-11(3)7-13-8-11/h9,12H,4-8H2,1-3H3. The van der Waals surface area contributed by atoms with E-state index in [0.717, 1.165) is 26.3 Å². The first-order chi connectivity index (χ1) is 6.99. The molecule has 0 aromatic heterocycles. The summed E-state index contributed by atoms with van der Waals surface area (Å²) in [5.41, 5.74) is 0.328. The number of ether oxygens (including phenoxy) is 3. The Morgan fingerprint density at radius 2 is 2.00 bits per heavy atom. The van der Waals surface area contributed by atoms with E-state index in [2.05, 4.69) is 12.2 Å². The molecule has 0 aromatic rings. The maximum atomic E-state index is 5.70. The second-order valence-corrected chi connectivity index (χ2v) is 5.39. The molecule has 2 saturated heterocycles. The zero-order chi connectivity index (χ0) is 10.9. The normalized spacial score (nSPS) is 32.6. The highest BCUT2D eigenvalue weighted by Gasteiger charge is 2.35. The Kier molecular flexibility index (Phi) is 3.03. The lowest BCUT2D eigenvalue weighted by Gasteiger charge is -2.38. The summed E-state index contributed by atoms with van der Waals surface area (Å²) in [5.74, 6) is -0.407. The molecule has 4 heteroatoms. The second kappa shape index (κ2) is 4.01. The van der Waals surface area contributed by atoms with Crippen LogP contribution in [0.4, 0.5) is 0 Å². The Bertz CT molecular complexity index is 226. The van der Waals surface area contributed by atoms with Gasteiger partial charge in [-0.05, 0) is 13.8 Å². The summed E-state index contributed by atoms with van der Waals surface area (Å²) in [6.07, 6.45) is 0.185.